The Bertz CT molecular complexity index is 516. The van der Waals surface area contributed by atoms with Gasteiger partial charge >= 0.3 is 0 Å². The number of likely N-dealkylation sites (N-methyl/N-ethyl adjacent to an activating group) is 1. The summed E-state index contributed by atoms with van der Waals surface area (Å²) in [5.74, 6) is 0.672. The number of hydrogen-bond acceptors (Lipinski definition) is 4. The summed E-state index contributed by atoms with van der Waals surface area (Å²) in [7, 11) is 1.94. The molecule has 0 aliphatic carbocycles. The molecule has 2 rings (SSSR count). The first-order valence-electron chi connectivity index (χ1n) is 5.70. The number of aromatic nitrogens is 2. The van der Waals surface area contributed by atoms with Crippen LogP contribution >= 0.6 is 11.6 Å². The van der Waals surface area contributed by atoms with Crippen LogP contribution in [0.25, 0.3) is 0 Å². The fourth-order valence-electron chi connectivity index (χ4n) is 1.71. The molecule has 0 aliphatic rings. The van der Waals surface area contributed by atoms with Crippen LogP contribution in [0.3, 0.4) is 0 Å². The lowest BCUT2D eigenvalue weighted by atomic mass is 10.1. The van der Waals surface area contributed by atoms with E-state index in [9.17, 15) is 0 Å². The minimum absolute atomic E-state index is 0.214. The summed E-state index contributed by atoms with van der Waals surface area (Å²) in [5.41, 5.74) is 7.65. The molecule has 0 radical (unpaired) electrons. The Labute approximate surface area is 111 Å². The standard InChI is InChI=1S/C13H15ClN4/c1-18(8-7-10-5-3-2-4-6-10)12-11(15)9-16-13(14)17-12/h2-6,9H,7-8,15H2,1H3. The lowest BCUT2D eigenvalue weighted by molar-refractivity contribution is 0.857. The monoisotopic (exact) mass is 262 g/mol. The normalized spacial score (nSPS) is 10.3. The van der Waals surface area contributed by atoms with Crippen molar-refractivity contribution in [2.75, 3.05) is 24.2 Å². The number of nitrogens with two attached hydrogens (primary N) is 1. The molecule has 18 heavy (non-hydrogen) atoms. The smallest absolute Gasteiger partial charge is 0.224 e. The topological polar surface area (TPSA) is 55.0 Å². The quantitative estimate of drug-likeness (QED) is 0.860. The highest BCUT2D eigenvalue weighted by Gasteiger charge is 2.08. The molecule has 0 atom stereocenters. The molecular formula is C13H15ClN4. The summed E-state index contributed by atoms with van der Waals surface area (Å²) in [6.07, 6.45) is 2.46. The molecule has 94 valence electrons. The van der Waals surface area contributed by atoms with E-state index in [-0.39, 0.29) is 5.28 Å². The second-order valence-corrected chi connectivity index (χ2v) is 4.41. The van der Waals surface area contributed by atoms with Crippen LogP contribution in [0.2, 0.25) is 5.28 Å². The number of nitrogens with zero attached hydrogens (tertiary/aromatic N) is 3. The summed E-state index contributed by atoms with van der Waals surface area (Å²) in [4.78, 5) is 9.96. The molecule has 0 bridgehead atoms. The van der Waals surface area contributed by atoms with Crippen LogP contribution in [0.5, 0.6) is 0 Å². The Morgan fingerprint density at radius 3 is 2.72 bits per heavy atom. The molecule has 4 nitrogen and oxygen atoms in total. The molecule has 0 amide bonds. The number of halogens is 1. The predicted molar refractivity (Wildman–Crippen MR) is 74.9 cm³/mol. The predicted octanol–water partition coefficient (Wildman–Crippen LogP) is 2.39. The number of hydrogen-bond donors (Lipinski definition) is 1. The molecule has 0 aliphatic heterocycles. The zero-order valence-corrected chi connectivity index (χ0v) is 10.9. The van der Waals surface area contributed by atoms with Crippen LogP contribution in [-0.4, -0.2) is 23.6 Å². The first-order chi connectivity index (χ1) is 8.66. The van der Waals surface area contributed by atoms with Crippen molar-refractivity contribution in [1.29, 1.82) is 0 Å². The Balaban J connectivity index is 2.03. The molecule has 5 heteroatoms. The Morgan fingerprint density at radius 2 is 2.00 bits per heavy atom. The van der Waals surface area contributed by atoms with E-state index in [4.69, 9.17) is 17.3 Å². The van der Waals surface area contributed by atoms with Gasteiger partial charge in [0.1, 0.15) is 0 Å². The molecule has 1 heterocycles. The first-order valence-corrected chi connectivity index (χ1v) is 6.07. The van der Waals surface area contributed by atoms with Gasteiger partial charge in [-0.2, -0.15) is 4.98 Å². The summed E-state index contributed by atoms with van der Waals surface area (Å²) in [5, 5.41) is 0.214. The molecule has 1 aromatic carbocycles. The minimum Gasteiger partial charge on any atom is -0.394 e. The highest BCUT2D eigenvalue weighted by molar-refractivity contribution is 6.28. The van der Waals surface area contributed by atoms with Crippen molar-refractivity contribution in [3.8, 4) is 0 Å². The SMILES string of the molecule is CN(CCc1ccccc1)c1nc(Cl)ncc1N. The van der Waals surface area contributed by atoms with Gasteiger partial charge in [-0.25, -0.2) is 4.98 Å². The van der Waals surface area contributed by atoms with Gasteiger partial charge in [0.15, 0.2) is 5.82 Å². The van der Waals surface area contributed by atoms with E-state index >= 15 is 0 Å². The zero-order valence-electron chi connectivity index (χ0n) is 10.2. The van der Waals surface area contributed by atoms with E-state index in [1.807, 2.05) is 30.1 Å². The third kappa shape index (κ3) is 3.11. The van der Waals surface area contributed by atoms with E-state index in [1.54, 1.807) is 0 Å². The average molecular weight is 263 g/mol. The number of rotatable bonds is 4. The fraction of sp³-hybridized carbons (Fsp3) is 0.231. The van der Waals surface area contributed by atoms with Crippen LogP contribution in [0, 0.1) is 0 Å². The van der Waals surface area contributed by atoms with Crippen LogP contribution in [0.15, 0.2) is 36.5 Å². The van der Waals surface area contributed by atoms with Crippen molar-refractivity contribution in [1.82, 2.24) is 9.97 Å². The van der Waals surface area contributed by atoms with E-state index in [1.165, 1.54) is 11.8 Å². The van der Waals surface area contributed by atoms with Crippen molar-refractivity contribution in [2.24, 2.45) is 0 Å². The van der Waals surface area contributed by atoms with Crippen molar-refractivity contribution in [2.45, 2.75) is 6.42 Å². The van der Waals surface area contributed by atoms with Gasteiger partial charge in [-0.3, -0.25) is 0 Å². The third-order valence-electron chi connectivity index (χ3n) is 2.71. The molecule has 0 saturated carbocycles. The molecular weight excluding hydrogens is 248 g/mol. The summed E-state index contributed by atoms with van der Waals surface area (Å²) in [6.45, 7) is 0.821. The lowest BCUT2D eigenvalue weighted by Gasteiger charge is -2.19. The molecule has 2 aromatic rings. The Hall–Kier alpha value is -1.81. The van der Waals surface area contributed by atoms with Crippen molar-refractivity contribution >= 4 is 23.1 Å². The van der Waals surface area contributed by atoms with Gasteiger partial charge in [0.2, 0.25) is 5.28 Å². The summed E-state index contributed by atoms with van der Waals surface area (Å²) >= 11 is 5.77. The second-order valence-electron chi connectivity index (χ2n) is 4.08. The highest BCUT2D eigenvalue weighted by Crippen LogP contribution is 2.19. The molecule has 0 unspecified atom stereocenters. The van der Waals surface area contributed by atoms with Crippen molar-refractivity contribution in [3.05, 3.63) is 47.4 Å². The van der Waals surface area contributed by atoms with Gasteiger partial charge in [-0.05, 0) is 23.6 Å². The minimum atomic E-state index is 0.214. The number of benzene rings is 1. The Morgan fingerprint density at radius 1 is 1.28 bits per heavy atom. The van der Waals surface area contributed by atoms with Gasteiger partial charge in [-0.1, -0.05) is 30.3 Å². The average Bonchev–Trinajstić information content (AvgIpc) is 2.40. The molecule has 0 spiro atoms. The van der Waals surface area contributed by atoms with Gasteiger partial charge < -0.3 is 10.6 Å². The van der Waals surface area contributed by atoms with E-state index in [0.717, 1.165) is 13.0 Å². The van der Waals surface area contributed by atoms with Crippen molar-refractivity contribution < 1.29 is 0 Å². The van der Waals surface area contributed by atoms with Gasteiger partial charge in [-0.15, -0.1) is 0 Å². The van der Waals surface area contributed by atoms with Crippen LogP contribution in [0.1, 0.15) is 5.56 Å². The fourth-order valence-corrected chi connectivity index (χ4v) is 1.84. The Kier molecular flexibility index (Phi) is 3.99. The molecule has 0 fully saturated rings. The number of nitrogen functional groups attached to an aromatic ring is 1. The molecule has 0 saturated heterocycles. The maximum absolute atomic E-state index is 5.83. The second kappa shape index (κ2) is 5.69. The van der Waals surface area contributed by atoms with Gasteiger partial charge in [0.25, 0.3) is 0 Å². The summed E-state index contributed by atoms with van der Waals surface area (Å²) < 4.78 is 0. The van der Waals surface area contributed by atoms with Gasteiger partial charge in [0, 0.05) is 13.6 Å². The molecule has 1 aromatic heterocycles. The zero-order chi connectivity index (χ0) is 13.0. The first kappa shape index (κ1) is 12.6. The van der Waals surface area contributed by atoms with Crippen molar-refractivity contribution in [3.63, 3.8) is 0 Å². The van der Waals surface area contributed by atoms with E-state index < -0.39 is 0 Å². The van der Waals surface area contributed by atoms with Crippen LogP contribution in [0.4, 0.5) is 11.5 Å². The number of anilines is 2. The molecule has 2 N–H and O–H groups in total. The maximum Gasteiger partial charge on any atom is 0.224 e. The lowest BCUT2D eigenvalue weighted by Crippen LogP contribution is -2.22. The maximum atomic E-state index is 5.83. The van der Waals surface area contributed by atoms with E-state index in [0.29, 0.717) is 11.5 Å². The third-order valence-corrected chi connectivity index (χ3v) is 2.89. The largest absolute Gasteiger partial charge is 0.394 e. The highest BCUT2D eigenvalue weighted by atomic mass is 35.5. The van der Waals surface area contributed by atoms with Crippen LogP contribution in [-0.2, 0) is 6.42 Å². The van der Waals surface area contributed by atoms with E-state index in [2.05, 4.69) is 22.1 Å². The summed E-state index contributed by atoms with van der Waals surface area (Å²) in [6, 6.07) is 10.3. The van der Waals surface area contributed by atoms with Gasteiger partial charge in [0.05, 0.1) is 11.9 Å². The van der Waals surface area contributed by atoms with Crippen LogP contribution < -0.4 is 10.6 Å².